The smallest absolute Gasteiger partial charge is 0.0397 e. The van der Waals surface area contributed by atoms with Crippen molar-refractivity contribution in [1.82, 2.24) is 5.32 Å². The van der Waals surface area contributed by atoms with Crippen LogP contribution in [0, 0.1) is 13.8 Å². The lowest BCUT2D eigenvalue weighted by molar-refractivity contribution is 0.700. The van der Waals surface area contributed by atoms with Gasteiger partial charge >= 0.3 is 0 Å². The Morgan fingerprint density at radius 3 is 2.80 bits per heavy atom. The molecular formula is C17H22N2S. The average molecular weight is 286 g/mol. The van der Waals surface area contributed by atoms with E-state index >= 15 is 0 Å². The number of likely N-dealkylation sites (N-methyl/N-ethyl adjacent to an activating group) is 1. The zero-order chi connectivity index (χ0) is 14.1. The van der Waals surface area contributed by atoms with E-state index in [9.17, 15) is 0 Å². The van der Waals surface area contributed by atoms with Crippen LogP contribution in [0.15, 0.2) is 24.3 Å². The van der Waals surface area contributed by atoms with Gasteiger partial charge in [-0.15, -0.1) is 11.3 Å². The molecule has 1 N–H and O–H groups in total. The van der Waals surface area contributed by atoms with Crippen molar-refractivity contribution >= 4 is 17.0 Å². The maximum atomic E-state index is 3.56. The molecule has 3 rings (SSSR count). The lowest BCUT2D eigenvalue weighted by Crippen LogP contribution is -2.13. The molecule has 0 unspecified atom stereocenters. The number of benzene rings is 1. The molecule has 2 heterocycles. The van der Waals surface area contributed by atoms with Crippen molar-refractivity contribution in [3.8, 4) is 0 Å². The van der Waals surface area contributed by atoms with Crippen LogP contribution in [0.5, 0.6) is 0 Å². The second-order valence-electron chi connectivity index (χ2n) is 5.69. The lowest BCUT2D eigenvalue weighted by Gasteiger charge is -2.12. The SMILES string of the molecule is Cc1cc(CNCc2ccc3c(c2)CCN3C)sc1C. The number of anilines is 1. The third kappa shape index (κ3) is 2.74. The van der Waals surface area contributed by atoms with Crippen LogP contribution in [0.3, 0.4) is 0 Å². The number of hydrogen-bond acceptors (Lipinski definition) is 3. The van der Waals surface area contributed by atoms with E-state index in [-0.39, 0.29) is 0 Å². The summed E-state index contributed by atoms with van der Waals surface area (Å²) in [4.78, 5) is 5.20. The van der Waals surface area contributed by atoms with Gasteiger partial charge in [0.1, 0.15) is 0 Å². The zero-order valence-electron chi connectivity index (χ0n) is 12.5. The van der Waals surface area contributed by atoms with E-state index in [0.717, 1.165) is 19.6 Å². The first kappa shape index (κ1) is 13.7. The van der Waals surface area contributed by atoms with Crippen LogP contribution in [-0.2, 0) is 19.5 Å². The third-order valence-electron chi connectivity index (χ3n) is 4.12. The van der Waals surface area contributed by atoms with E-state index in [1.165, 1.54) is 38.6 Å². The van der Waals surface area contributed by atoms with E-state index < -0.39 is 0 Å². The zero-order valence-corrected chi connectivity index (χ0v) is 13.3. The van der Waals surface area contributed by atoms with Gasteiger partial charge in [0.15, 0.2) is 0 Å². The van der Waals surface area contributed by atoms with Gasteiger partial charge in [0.2, 0.25) is 0 Å². The summed E-state index contributed by atoms with van der Waals surface area (Å²) in [6, 6.07) is 9.17. The number of thiophene rings is 1. The van der Waals surface area contributed by atoms with Crippen molar-refractivity contribution in [3.05, 3.63) is 50.7 Å². The molecule has 1 aliphatic heterocycles. The summed E-state index contributed by atoms with van der Waals surface area (Å²) < 4.78 is 0. The van der Waals surface area contributed by atoms with E-state index in [4.69, 9.17) is 0 Å². The Morgan fingerprint density at radius 1 is 1.20 bits per heavy atom. The minimum Gasteiger partial charge on any atom is -0.374 e. The molecule has 0 atom stereocenters. The Bertz CT molecular complexity index is 596. The van der Waals surface area contributed by atoms with E-state index in [1.807, 2.05) is 11.3 Å². The molecule has 106 valence electrons. The predicted molar refractivity (Wildman–Crippen MR) is 87.8 cm³/mol. The molecule has 0 amide bonds. The van der Waals surface area contributed by atoms with Gasteiger partial charge in [-0.2, -0.15) is 0 Å². The van der Waals surface area contributed by atoms with E-state index in [0.29, 0.717) is 0 Å². The highest BCUT2D eigenvalue weighted by molar-refractivity contribution is 7.12. The van der Waals surface area contributed by atoms with Gasteiger partial charge < -0.3 is 10.2 Å². The fraction of sp³-hybridized carbons (Fsp3) is 0.412. The van der Waals surface area contributed by atoms with Gasteiger partial charge in [0.05, 0.1) is 0 Å². The number of rotatable bonds is 4. The van der Waals surface area contributed by atoms with Gasteiger partial charge in [0.25, 0.3) is 0 Å². The quantitative estimate of drug-likeness (QED) is 0.923. The maximum Gasteiger partial charge on any atom is 0.0397 e. The summed E-state index contributed by atoms with van der Waals surface area (Å²) in [7, 11) is 2.17. The Hall–Kier alpha value is -1.32. The van der Waals surface area contributed by atoms with Crippen LogP contribution >= 0.6 is 11.3 Å². The van der Waals surface area contributed by atoms with Crippen LogP contribution in [0.25, 0.3) is 0 Å². The molecular weight excluding hydrogens is 264 g/mol. The summed E-state index contributed by atoms with van der Waals surface area (Å²) in [5.74, 6) is 0. The molecule has 2 aromatic rings. The molecule has 0 bridgehead atoms. The van der Waals surface area contributed by atoms with Crippen molar-refractivity contribution in [3.63, 3.8) is 0 Å². The summed E-state index contributed by atoms with van der Waals surface area (Å²) >= 11 is 1.90. The Morgan fingerprint density at radius 2 is 2.05 bits per heavy atom. The summed E-state index contributed by atoms with van der Waals surface area (Å²) in [5.41, 5.74) is 5.70. The molecule has 3 heteroatoms. The molecule has 0 spiro atoms. The van der Waals surface area contributed by atoms with Crippen LogP contribution in [0.1, 0.15) is 26.4 Å². The topological polar surface area (TPSA) is 15.3 Å². The fourth-order valence-corrected chi connectivity index (χ4v) is 3.82. The van der Waals surface area contributed by atoms with Gasteiger partial charge in [-0.25, -0.2) is 0 Å². The highest BCUT2D eigenvalue weighted by atomic mass is 32.1. The predicted octanol–water partition coefficient (Wildman–Crippen LogP) is 3.65. The van der Waals surface area contributed by atoms with Crippen LogP contribution < -0.4 is 10.2 Å². The van der Waals surface area contributed by atoms with E-state index in [2.05, 4.69) is 55.4 Å². The van der Waals surface area contributed by atoms with Gasteiger partial charge in [-0.05, 0) is 49.1 Å². The van der Waals surface area contributed by atoms with Crippen molar-refractivity contribution in [2.45, 2.75) is 33.4 Å². The van der Waals surface area contributed by atoms with Crippen molar-refractivity contribution in [2.24, 2.45) is 0 Å². The number of nitrogens with zero attached hydrogens (tertiary/aromatic N) is 1. The first-order chi connectivity index (χ1) is 9.63. The summed E-state index contributed by atoms with van der Waals surface area (Å²) in [6.07, 6.45) is 1.18. The van der Waals surface area contributed by atoms with Gasteiger partial charge in [0, 0.05) is 42.1 Å². The monoisotopic (exact) mass is 286 g/mol. The highest BCUT2D eigenvalue weighted by Gasteiger charge is 2.15. The number of fused-ring (bicyclic) bond motifs is 1. The molecule has 2 nitrogen and oxygen atoms in total. The highest BCUT2D eigenvalue weighted by Crippen LogP contribution is 2.27. The van der Waals surface area contributed by atoms with Crippen molar-refractivity contribution < 1.29 is 0 Å². The van der Waals surface area contributed by atoms with Crippen LogP contribution in [0.4, 0.5) is 5.69 Å². The molecule has 1 aromatic heterocycles. The van der Waals surface area contributed by atoms with Crippen molar-refractivity contribution in [2.75, 3.05) is 18.5 Å². The minimum absolute atomic E-state index is 0.951. The maximum absolute atomic E-state index is 3.56. The van der Waals surface area contributed by atoms with Crippen LogP contribution in [0.2, 0.25) is 0 Å². The summed E-state index contributed by atoms with van der Waals surface area (Å²) in [6.45, 7) is 7.45. The molecule has 1 aromatic carbocycles. The first-order valence-corrected chi connectivity index (χ1v) is 8.04. The third-order valence-corrected chi connectivity index (χ3v) is 5.27. The van der Waals surface area contributed by atoms with E-state index in [1.54, 1.807) is 0 Å². The molecule has 1 aliphatic rings. The number of nitrogens with one attached hydrogen (secondary N) is 1. The number of hydrogen-bond donors (Lipinski definition) is 1. The summed E-state index contributed by atoms with van der Waals surface area (Å²) in [5, 5.41) is 3.56. The molecule has 0 aliphatic carbocycles. The Kier molecular flexibility index (Phi) is 3.81. The Labute approximate surface area is 125 Å². The first-order valence-electron chi connectivity index (χ1n) is 7.23. The molecule has 0 fully saturated rings. The largest absolute Gasteiger partial charge is 0.374 e. The molecule has 0 radical (unpaired) electrons. The molecule has 0 saturated carbocycles. The average Bonchev–Trinajstić information content (AvgIpc) is 2.94. The normalized spacial score (nSPS) is 13.8. The van der Waals surface area contributed by atoms with Gasteiger partial charge in [-0.3, -0.25) is 0 Å². The Balaban J connectivity index is 1.59. The minimum atomic E-state index is 0.951. The standard InChI is InChI=1S/C17H22N2S/c1-12-8-16(20-13(12)2)11-18-10-14-4-5-17-15(9-14)6-7-19(17)3/h4-5,8-9,18H,6-7,10-11H2,1-3H3. The second kappa shape index (κ2) is 5.58. The molecule has 0 saturated heterocycles. The second-order valence-corrected chi connectivity index (χ2v) is 7.03. The van der Waals surface area contributed by atoms with Gasteiger partial charge in [-0.1, -0.05) is 12.1 Å². The van der Waals surface area contributed by atoms with Crippen molar-refractivity contribution in [1.29, 1.82) is 0 Å². The molecule has 20 heavy (non-hydrogen) atoms. The lowest BCUT2D eigenvalue weighted by atomic mass is 10.1. The van der Waals surface area contributed by atoms with Crippen LogP contribution in [-0.4, -0.2) is 13.6 Å². The number of aryl methyl sites for hydroxylation is 2. The fourth-order valence-electron chi connectivity index (χ4n) is 2.80.